The number of hydrogen-bond donors (Lipinski definition) is 0. The molecule has 3 aromatic rings. The van der Waals surface area contributed by atoms with E-state index in [9.17, 15) is 9.18 Å². The van der Waals surface area contributed by atoms with Crippen LogP contribution >= 0.6 is 0 Å². The fourth-order valence-corrected chi connectivity index (χ4v) is 2.09. The molecule has 1 radical (unpaired) electrons. The van der Waals surface area contributed by atoms with Gasteiger partial charge in [-0.3, -0.25) is 0 Å². The molecule has 0 saturated carbocycles. The van der Waals surface area contributed by atoms with Crippen molar-refractivity contribution in [3.05, 3.63) is 84.2 Å². The van der Waals surface area contributed by atoms with Gasteiger partial charge in [0, 0.05) is 11.5 Å². The van der Waals surface area contributed by atoms with E-state index in [1.54, 1.807) is 30.3 Å². The van der Waals surface area contributed by atoms with Gasteiger partial charge in [0.05, 0.1) is 0 Å². The average Bonchev–Trinajstić information content (AvgIpc) is 2.55. The lowest BCUT2D eigenvalue weighted by atomic mass is 10.1. The van der Waals surface area contributed by atoms with Crippen LogP contribution < -0.4 is 4.74 Å². The van der Waals surface area contributed by atoms with Crippen LogP contribution in [0, 0.1) is 11.9 Å². The van der Waals surface area contributed by atoms with Crippen LogP contribution in [0.1, 0.15) is 5.56 Å². The summed E-state index contributed by atoms with van der Waals surface area (Å²) in [4.78, 5) is 11.9. The predicted octanol–water partition coefficient (Wildman–Crippen LogP) is 4.40. The van der Waals surface area contributed by atoms with Gasteiger partial charge in [-0.1, -0.05) is 42.5 Å². The fourth-order valence-electron chi connectivity index (χ4n) is 2.09. The predicted molar refractivity (Wildman–Crippen MR) is 83.9 cm³/mol. The summed E-state index contributed by atoms with van der Waals surface area (Å²) in [6.07, 6.45) is 2.89. The summed E-state index contributed by atoms with van der Waals surface area (Å²) in [7, 11) is 0. The summed E-state index contributed by atoms with van der Waals surface area (Å²) < 4.78 is 18.1. The van der Waals surface area contributed by atoms with Crippen molar-refractivity contribution in [3.8, 4) is 5.75 Å². The van der Waals surface area contributed by atoms with Crippen LogP contribution in [0.2, 0.25) is 0 Å². The van der Waals surface area contributed by atoms with Crippen molar-refractivity contribution in [2.75, 3.05) is 0 Å². The molecule has 0 spiro atoms. The summed E-state index contributed by atoms with van der Waals surface area (Å²) in [5.74, 6) is -0.341. The minimum absolute atomic E-state index is 0.314. The maximum Gasteiger partial charge on any atom is 0.336 e. The third-order valence-electron chi connectivity index (χ3n) is 3.15. The van der Waals surface area contributed by atoms with Crippen LogP contribution in [0.3, 0.4) is 0 Å². The van der Waals surface area contributed by atoms with Crippen molar-refractivity contribution < 1.29 is 13.9 Å². The number of ether oxygens (including phenoxy) is 1. The molecule has 0 N–H and O–H groups in total. The summed E-state index contributed by atoms with van der Waals surface area (Å²) in [5.41, 5.74) is 0.725. The van der Waals surface area contributed by atoms with E-state index in [1.807, 2.05) is 24.3 Å². The average molecular weight is 291 g/mol. The van der Waals surface area contributed by atoms with Gasteiger partial charge in [-0.25, -0.2) is 9.18 Å². The van der Waals surface area contributed by atoms with Gasteiger partial charge in [0.1, 0.15) is 11.6 Å². The Morgan fingerprint density at radius 3 is 2.64 bits per heavy atom. The Labute approximate surface area is 127 Å². The number of carbonyl (C=O) groups is 1. The molecule has 0 unspecified atom stereocenters. The maximum absolute atomic E-state index is 12.8. The lowest BCUT2D eigenvalue weighted by Crippen LogP contribution is -2.04. The first-order chi connectivity index (χ1) is 10.7. The highest BCUT2D eigenvalue weighted by Crippen LogP contribution is 2.24. The van der Waals surface area contributed by atoms with Crippen LogP contribution in [0.25, 0.3) is 16.8 Å². The summed E-state index contributed by atoms with van der Waals surface area (Å²) in [6, 6.07) is 20.0. The minimum Gasteiger partial charge on any atom is -0.423 e. The molecule has 3 heteroatoms. The molecule has 0 aliphatic rings. The zero-order valence-electron chi connectivity index (χ0n) is 11.6. The van der Waals surface area contributed by atoms with E-state index in [4.69, 9.17) is 4.74 Å². The number of hydrogen-bond acceptors (Lipinski definition) is 2. The Balaban J connectivity index is 1.77. The van der Waals surface area contributed by atoms with Crippen LogP contribution in [0.4, 0.5) is 4.39 Å². The summed E-state index contributed by atoms with van der Waals surface area (Å²) >= 11 is 0. The monoisotopic (exact) mass is 291 g/mol. The van der Waals surface area contributed by atoms with E-state index in [0.717, 1.165) is 16.3 Å². The van der Waals surface area contributed by atoms with Gasteiger partial charge in [-0.05, 0) is 41.3 Å². The first kappa shape index (κ1) is 14.0. The van der Waals surface area contributed by atoms with Gasteiger partial charge < -0.3 is 4.74 Å². The van der Waals surface area contributed by atoms with Gasteiger partial charge >= 0.3 is 5.97 Å². The van der Waals surface area contributed by atoms with Crippen LogP contribution in [-0.4, -0.2) is 5.97 Å². The molecule has 0 bridgehead atoms. The number of carbonyl (C=O) groups excluding carboxylic acids is 1. The van der Waals surface area contributed by atoms with E-state index in [1.165, 1.54) is 18.2 Å². The van der Waals surface area contributed by atoms with Crippen molar-refractivity contribution >= 4 is 22.8 Å². The summed E-state index contributed by atoms with van der Waals surface area (Å²) in [5, 5.41) is 1.71. The van der Waals surface area contributed by atoms with Crippen molar-refractivity contribution in [1.29, 1.82) is 0 Å². The van der Waals surface area contributed by atoms with Crippen LogP contribution in [-0.2, 0) is 4.79 Å². The number of rotatable bonds is 3. The van der Waals surface area contributed by atoms with Gasteiger partial charge in [0.2, 0.25) is 0 Å². The molecule has 0 fully saturated rings. The van der Waals surface area contributed by atoms with Crippen molar-refractivity contribution in [2.45, 2.75) is 0 Å². The van der Waals surface area contributed by atoms with Gasteiger partial charge in [-0.2, -0.15) is 0 Å². The molecule has 0 aliphatic heterocycles. The smallest absolute Gasteiger partial charge is 0.336 e. The Bertz CT molecular complexity index is 830. The quantitative estimate of drug-likeness (QED) is 0.406. The van der Waals surface area contributed by atoms with Crippen molar-refractivity contribution in [3.63, 3.8) is 0 Å². The Hall–Kier alpha value is -2.94. The number of fused-ring (bicyclic) bond motifs is 1. The molecule has 0 amide bonds. The largest absolute Gasteiger partial charge is 0.423 e. The third kappa shape index (κ3) is 3.20. The Morgan fingerprint density at radius 2 is 1.82 bits per heavy atom. The van der Waals surface area contributed by atoms with Gasteiger partial charge in [0.15, 0.2) is 0 Å². The maximum atomic E-state index is 12.8. The first-order valence-corrected chi connectivity index (χ1v) is 6.77. The highest BCUT2D eigenvalue weighted by Gasteiger charge is 2.05. The van der Waals surface area contributed by atoms with E-state index in [2.05, 4.69) is 6.07 Å². The first-order valence-electron chi connectivity index (χ1n) is 6.77. The normalized spacial score (nSPS) is 11.0. The zero-order valence-corrected chi connectivity index (χ0v) is 11.6. The molecule has 107 valence electrons. The van der Waals surface area contributed by atoms with Gasteiger partial charge in [-0.15, -0.1) is 0 Å². The van der Waals surface area contributed by atoms with E-state index < -0.39 is 5.97 Å². The molecule has 3 rings (SSSR count). The SMILES string of the molecule is O=C(/C=C/c1ccc(F)cc1)Oc1cccc2ccc[c]c12. The van der Waals surface area contributed by atoms with Crippen molar-refractivity contribution in [1.82, 2.24) is 0 Å². The second-order valence-corrected chi connectivity index (χ2v) is 4.70. The molecule has 0 heterocycles. The number of benzene rings is 3. The van der Waals surface area contributed by atoms with Crippen LogP contribution in [0.15, 0.2) is 66.7 Å². The highest BCUT2D eigenvalue weighted by atomic mass is 19.1. The molecular weight excluding hydrogens is 279 g/mol. The molecule has 0 saturated heterocycles. The third-order valence-corrected chi connectivity index (χ3v) is 3.15. The molecule has 22 heavy (non-hydrogen) atoms. The molecule has 2 nitrogen and oxygen atoms in total. The minimum atomic E-state index is -0.492. The van der Waals surface area contributed by atoms with E-state index in [-0.39, 0.29) is 5.82 Å². The lowest BCUT2D eigenvalue weighted by Gasteiger charge is -2.05. The topological polar surface area (TPSA) is 26.3 Å². The Morgan fingerprint density at radius 1 is 1.05 bits per heavy atom. The highest BCUT2D eigenvalue weighted by molar-refractivity contribution is 5.93. The molecule has 0 atom stereocenters. The van der Waals surface area contributed by atoms with Crippen LogP contribution in [0.5, 0.6) is 5.75 Å². The molecule has 0 aliphatic carbocycles. The second kappa shape index (κ2) is 6.22. The zero-order chi connectivity index (χ0) is 15.4. The van der Waals surface area contributed by atoms with E-state index in [0.29, 0.717) is 5.75 Å². The molecule has 0 aromatic heterocycles. The van der Waals surface area contributed by atoms with E-state index >= 15 is 0 Å². The molecular formula is C19H12FO2. The number of esters is 1. The standard InChI is InChI=1S/C19H12FO2/c20-16-11-8-14(9-12-16)10-13-19(21)22-18-7-3-5-15-4-1-2-6-17(15)18/h1-5,7-13H/b13-10+. The fraction of sp³-hybridized carbons (Fsp3) is 0. The number of halogens is 1. The molecule has 3 aromatic carbocycles. The Kier molecular flexibility index (Phi) is 3.97. The summed E-state index contributed by atoms with van der Waals surface area (Å²) in [6.45, 7) is 0. The lowest BCUT2D eigenvalue weighted by molar-refractivity contribution is -0.128. The van der Waals surface area contributed by atoms with Gasteiger partial charge in [0.25, 0.3) is 0 Å². The van der Waals surface area contributed by atoms with Crippen molar-refractivity contribution in [2.24, 2.45) is 0 Å². The second-order valence-electron chi connectivity index (χ2n) is 4.70.